The van der Waals surface area contributed by atoms with Crippen LogP contribution in [0.5, 0.6) is 0 Å². The average molecular weight is 255 g/mol. The number of ether oxygens (including phenoxy) is 1. The molecule has 0 bridgehead atoms. The number of hydrogen-bond donors (Lipinski definition) is 0. The number of nitrogens with zero attached hydrogens (tertiary/aromatic N) is 1. The van der Waals surface area contributed by atoms with Crippen LogP contribution in [0.1, 0.15) is 52.9 Å². The van der Waals surface area contributed by atoms with Crippen LogP contribution in [0.4, 0.5) is 0 Å². The van der Waals surface area contributed by atoms with Gasteiger partial charge in [-0.2, -0.15) is 0 Å². The van der Waals surface area contributed by atoms with E-state index in [2.05, 4.69) is 6.92 Å². The predicted molar refractivity (Wildman–Crippen MR) is 74.5 cm³/mol. The van der Waals surface area contributed by atoms with E-state index in [1.807, 2.05) is 18.7 Å². The van der Waals surface area contributed by atoms with E-state index in [4.69, 9.17) is 4.74 Å². The van der Waals surface area contributed by atoms with E-state index in [9.17, 15) is 4.79 Å². The number of carbonyl (C=O) groups excluding carboxylic acids is 1. The van der Waals surface area contributed by atoms with Gasteiger partial charge in [-0.25, -0.2) is 0 Å². The molecular weight excluding hydrogens is 226 g/mol. The number of hydrogen-bond acceptors (Lipinski definition) is 2. The number of morpholine rings is 1. The molecule has 0 aromatic rings. The van der Waals surface area contributed by atoms with Crippen molar-refractivity contribution in [3.63, 3.8) is 0 Å². The third-order valence-electron chi connectivity index (χ3n) is 4.09. The van der Waals surface area contributed by atoms with E-state index in [-0.39, 0.29) is 0 Å². The first-order valence-corrected chi connectivity index (χ1v) is 7.63. The zero-order chi connectivity index (χ0) is 13.4. The number of rotatable bonds is 2. The second-order valence-electron chi connectivity index (χ2n) is 5.22. The van der Waals surface area contributed by atoms with Gasteiger partial charge in [-0.05, 0) is 18.3 Å². The lowest BCUT2D eigenvalue weighted by Gasteiger charge is -2.32. The van der Waals surface area contributed by atoms with Crippen molar-refractivity contribution >= 4 is 5.91 Å². The Kier molecular flexibility index (Phi) is 7.33. The standard InChI is InChI=1S/C13H23NO2.C2H6/c1-11-4-2-3-5-12(11)10-13(15)14-6-8-16-9-7-14;1-2/h11-12H,2-10H2,1H3;1-2H3. The molecule has 2 rings (SSSR count). The van der Waals surface area contributed by atoms with Crippen LogP contribution in [0.3, 0.4) is 0 Å². The Labute approximate surface area is 112 Å². The van der Waals surface area contributed by atoms with Gasteiger partial charge in [0, 0.05) is 19.5 Å². The van der Waals surface area contributed by atoms with Gasteiger partial charge >= 0.3 is 0 Å². The van der Waals surface area contributed by atoms with Crippen molar-refractivity contribution in [3.05, 3.63) is 0 Å². The molecule has 0 radical (unpaired) electrons. The zero-order valence-electron chi connectivity index (χ0n) is 12.3. The van der Waals surface area contributed by atoms with Crippen LogP contribution in [0, 0.1) is 11.8 Å². The van der Waals surface area contributed by atoms with E-state index in [1.54, 1.807) is 0 Å². The Hall–Kier alpha value is -0.570. The van der Waals surface area contributed by atoms with E-state index in [0.29, 0.717) is 25.0 Å². The van der Waals surface area contributed by atoms with Crippen molar-refractivity contribution in [2.75, 3.05) is 26.3 Å². The fraction of sp³-hybridized carbons (Fsp3) is 0.933. The molecule has 1 saturated heterocycles. The van der Waals surface area contributed by atoms with Crippen molar-refractivity contribution < 1.29 is 9.53 Å². The molecule has 0 spiro atoms. The highest BCUT2D eigenvalue weighted by molar-refractivity contribution is 5.76. The maximum absolute atomic E-state index is 12.1. The highest BCUT2D eigenvalue weighted by atomic mass is 16.5. The topological polar surface area (TPSA) is 29.5 Å². The monoisotopic (exact) mass is 255 g/mol. The fourth-order valence-electron chi connectivity index (χ4n) is 2.86. The van der Waals surface area contributed by atoms with Gasteiger partial charge in [-0.15, -0.1) is 0 Å². The molecule has 2 aliphatic rings. The molecule has 0 aromatic heterocycles. The van der Waals surface area contributed by atoms with Crippen molar-refractivity contribution in [2.45, 2.75) is 52.9 Å². The van der Waals surface area contributed by atoms with Crippen molar-refractivity contribution in [3.8, 4) is 0 Å². The van der Waals surface area contributed by atoms with Gasteiger partial charge in [0.2, 0.25) is 5.91 Å². The second-order valence-corrected chi connectivity index (χ2v) is 5.22. The smallest absolute Gasteiger partial charge is 0.223 e. The maximum Gasteiger partial charge on any atom is 0.223 e. The Morgan fingerprint density at radius 2 is 1.78 bits per heavy atom. The summed E-state index contributed by atoms with van der Waals surface area (Å²) in [7, 11) is 0. The number of amides is 1. The minimum atomic E-state index is 0.349. The minimum Gasteiger partial charge on any atom is -0.378 e. The van der Waals surface area contributed by atoms with Crippen molar-refractivity contribution in [2.24, 2.45) is 11.8 Å². The normalized spacial score (nSPS) is 28.3. The van der Waals surface area contributed by atoms with Gasteiger partial charge in [0.1, 0.15) is 0 Å². The summed E-state index contributed by atoms with van der Waals surface area (Å²) in [6.07, 6.45) is 5.98. The van der Waals surface area contributed by atoms with Crippen LogP contribution in [0.2, 0.25) is 0 Å². The zero-order valence-corrected chi connectivity index (χ0v) is 12.3. The molecule has 18 heavy (non-hydrogen) atoms. The molecule has 1 amide bonds. The SMILES string of the molecule is CC.CC1CCCCC1CC(=O)N1CCOCC1. The van der Waals surface area contributed by atoms with Gasteiger partial charge in [-0.3, -0.25) is 4.79 Å². The van der Waals surface area contributed by atoms with Crippen LogP contribution >= 0.6 is 0 Å². The largest absolute Gasteiger partial charge is 0.378 e. The summed E-state index contributed by atoms with van der Waals surface area (Å²) in [5, 5.41) is 0. The summed E-state index contributed by atoms with van der Waals surface area (Å²) in [5.41, 5.74) is 0. The molecular formula is C15H29NO2. The minimum absolute atomic E-state index is 0.349. The summed E-state index contributed by atoms with van der Waals surface area (Å²) in [6.45, 7) is 9.31. The molecule has 0 N–H and O–H groups in total. The van der Waals surface area contributed by atoms with Gasteiger partial charge in [0.15, 0.2) is 0 Å². The highest BCUT2D eigenvalue weighted by Crippen LogP contribution is 2.32. The van der Waals surface area contributed by atoms with Crippen LogP contribution in [0.15, 0.2) is 0 Å². The first kappa shape index (κ1) is 15.5. The van der Waals surface area contributed by atoms with E-state index in [0.717, 1.165) is 25.4 Å². The lowest BCUT2D eigenvalue weighted by Crippen LogP contribution is -2.41. The quantitative estimate of drug-likeness (QED) is 0.759. The Bertz CT molecular complexity index is 237. The Morgan fingerprint density at radius 1 is 1.17 bits per heavy atom. The molecule has 2 atom stereocenters. The lowest BCUT2D eigenvalue weighted by molar-refractivity contribution is -0.136. The van der Waals surface area contributed by atoms with Crippen molar-refractivity contribution in [1.29, 1.82) is 0 Å². The maximum atomic E-state index is 12.1. The van der Waals surface area contributed by atoms with Crippen LogP contribution < -0.4 is 0 Å². The molecule has 2 fully saturated rings. The summed E-state index contributed by atoms with van der Waals surface area (Å²) >= 11 is 0. The second kappa shape index (κ2) is 8.52. The predicted octanol–water partition coefficient (Wildman–Crippen LogP) is 3.09. The third kappa shape index (κ3) is 4.60. The Morgan fingerprint density at radius 3 is 2.39 bits per heavy atom. The molecule has 1 aliphatic carbocycles. The molecule has 3 nitrogen and oxygen atoms in total. The molecule has 1 aliphatic heterocycles. The first-order chi connectivity index (χ1) is 8.77. The lowest BCUT2D eigenvalue weighted by atomic mass is 9.78. The molecule has 1 saturated carbocycles. The highest BCUT2D eigenvalue weighted by Gasteiger charge is 2.26. The fourth-order valence-corrected chi connectivity index (χ4v) is 2.86. The van der Waals surface area contributed by atoms with Crippen molar-refractivity contribution in [1.82, 2.24) is 4.90 Å². The van der Waals surface area contributed by atoms with Gasteiger partial charge in [0.25, 0.3) is 0 Å². The van der Waals surface area contributed by atoms with E-state index in [1.165, 1.54) is 25.7 Å². The van der Waals surface area contributed by atoms with Crippen LogP contribution in [-0.2, 0) is 9.53 Å². The molecule has 1 heterocycles. The van der Waals surface area contributed by atoms with Crippen LogP contribution in [0.25, 0.3) is 0 Å². The molecule has 0 aromatic carbocycles. The summed E-state index contributed by atoms with van der Waals surface area (Å²) in [5.74, 6) is 1.71. The van der Waals surface area contributed by atoms with E-state index < -0.39 is 0 Å². The molecule has 2 unspecified atom stereocenters. The summed E-state index contributed by atoms with van der Waals surface area (Å²) < 4.78 is 5.27. The van der Waals surface area contributed by atoms with Gasteiger partial charge in [0.05, 0.1) is 13.2 Å². The number of carbonyl (C=O) groups is 1. The van der Waals surface area contributed by atoms with E-state index >= 15 is 0 Å². The summed E-state index contributed by atoms with van der Waals surface area (Å²) in [6, 6.07) is 0. The Balaban J connectivity index is 0.000000771. The summed E-state index contributed by atoms with van der Waals surface area (Å²) in [4.78, 5) is 14.1. The molecule has 3 heteroatoms. The first-order valence-electron chi connectivity index (χ1n) is 7.63. The van der Waals surface area contributed by atoms with Gasteiger partial charge in [-0.1, -0.05) is 40.0 Å². The average Bonchev–Trinajstić information content (AvgIpc) is 2.44. The van der Waals surface area contributed by atoms with Gasteiger partial charge < -0.3 is 9.64 Å². The third-order valence-corrected chi connectivity index (χ3v) is 4.09. The molecule has 106 valence electrons. The van der Waals surface area contributed by atoms with Crippen LogP contribution in [-0.4, -0.2) is 37.1 Å².